The van der Waals surface area contributed by atoms with Crippen molar-refractivity contribution in [3.63, 3.8) is 0 Å². The highest BCUT2D eigenvalue weighted by atomic mass is 16.5. The summed E-state index contributed by atoms with van der Waals surface area (Å²) >= 11 is 0. The Labute approximate surface area is 123 Å². The number of nitrogens with one attached hydrogen (secondary N) is 1. The Balaban J connectivity index is 2.71. The minimum absolute atomic E-state index is 0.159. The summed E-state index contributed by atoms with van der Waals surface area (Å²) in [7, 11) is 1.56. The summed E-state index contributed by atoms with van der Waals surface area (Å²) in [6.07, 6.45) is 1.59. The third-order valence-corrected chi connectivity index (χ3v) is 3.27. The minimum Gasteiger partial charge on any atom is -0.496 e. The van der Waals surface area contributed by atoms with Gasteiger partial charge >= 0.3 is 0 Å². The lowest BCUT2D eigenvalue weighted by atomic mass is 10.0. The molecule has 0 radical (unpaired) electrons. The fourth-order valence-corrected chi connectivity index (χ4v) is 2.16. The van der Waals surface area contributed by atoms with E-state index in [1.165, 1.54) is 0 Å². The maximum Gasteiger partial charge on any atom is 0.254 e. The fraction of sp³-hybridized carbons (Fsp3) is 0.312. The van der Waals surface area contributed by atoms with Gasteiger partial charge in [0.05, 0.1) is 24.4 Å². The van der Waals surface area contributed by atoms with Gasteiger partial charge in [-0.3, -0.25) is 4.79 Å². The first-order valence-corrected chi connectivity index (χ1v) is 6.79. The highest BCUT2D eigenvalue weighted by molar-refractivity contribution is 5.71. The number of methoxy groups -OCH3 is 1. The Morgan fingerprint density at radius 1 is 1.43 bits per heavy atom. The van der Waals surface area contributed by atoms with Gasteiger partial charge in [0.1, 0.15) is 11.6 Å². The van der Waals surface area contributed by atoms with Crippen LogP contribution < -0.4 is 10.3 Å². The normalized spacial score (nSPS) is 10.2. The van der Waals surface area contributed by atoms with Crippen LogP contribution in [0.2, 0.25) is 0 Å². The van der Waals surface area contributed by atoms with Crippen molar-refractivity contribution in [2.75, 3.05) is 7.11 Å². The van der Waals surface area contributed by atoms with Gasteiger partial charge in [-0.1, -0.05) is 6.92 Å². The highest BCUT2D eigenvalue weighted by Crippen LogP contribution is 2.30. The van der Waals surface area contributed by atoms with Crippen molar-refractivity contribution in [1.82, 2.24) is 9.97 Å². The first-order valence-electron chi connectivity index (χ1n) is 6.79. The second kappa shape index (κ2) is 6.23. The predicted molar refractivity (Wildman–Crippen MR) is 80.3 cm³/mol. The van der Waals surface area contributed by atoms with E-state index in [4.69, 9.17) is 10.00 Å². The molecule has 0 aliphatic heterocycles. The molecule has 2 aromatic rings. The Hall–Kier alpha value is -2.61. The molecule has 0 saturated heterocycles. The average molecular weight is 283 g/mol. The molecule has 0 spiro atoms. The molecular weight excluding hydrogens is 266 g/mol. The van der Waals surface area contributed by atoms with Crippen LogP contribution in [0.5, 0.6) is 5.75 Å². The van der Waals surface area contributed by atoms with Crippen molar-refractivity contribution in [3.8, 4) is 23.1 Å². The Morgan fingerprint density at radius 3 is 2.81 bits per heavy atom. The molecule has 0 fully saturated rings. The summed E-state index contributed by atoms with van der Waals surface area (Å²) in [5.41, 5.74) is 2.09. The SMILES string of the molecule is CCCc1nc(-c2cc(C#N)ccc2OC)c(C)c(=O)[nH]1. The summed E-state index contributed by atoms with van der Waals surface area (Å²) in [5.74, 6) is 1.24. The number of ether oxygens (including phenoxy) is 1. The molecule has 1 heterocycles. The maximum absolute atomic E-state index is 12.1. The topological polar surface area (TPSA) is 78.8 Å². The van der Waals surface area contributed by atoms with E-state index in [0.717, 1.165) is 6.42 Å². The molecule has 0 saturated carbocycles. The van der Waals surface area contributed by atoms with Gasteiger partial charge in [0.25, 0.3) is 5.56 Å². The summed E-state index contributed by atoms with van der Waals surface area (Å²) in [4.78, 5) is 19.4. The molecule has 108 valence electrons. The highest BCUT2D eigenvalue weighted by Gasteiger charge is 2.14. The van der Waals surface area contributed by atoms with E-state index < -0.39 is 0 Å². The van der Waals surface area contributed by atoms with Crippen molar-refractivity contribution in [2.45, 2.75) is 26.7 Å². The van der Waals surface area contributed by atoms with E-state index in [2.05, 4.69) is 16.0 Å². The fourth-order valence-electron chi connectivity index (χ4n) is 2.16. The van der Waals surface area contributed by atoms with E-state index >= 15 is 0 Å². The minimum atomic E-state index is -0.159. The molecule has 5 nitrogen and oxygen atoms in total. The molecular formula is C16H17N3O2. The monoisotopic (exact) mass is 283 g/mol. The summed E-state index contributed by atoms with van der Waals surface area (Å²) in [6, 6.07) is 7.19. The molecule has 0 unspecified atom stereocenters. The molecule has 2 rings (SSSR count). The van der Waals surface area contributed by atoms with Crippen LogP contribution in [0.3, 0.4) is 0 Å². The van der Waals surface area contributed by atoms with Gasteiger partial charge in [0.2, 0.25) is 0 Å². The van der Waals surface area contributed by atoms with Crippen LogP contribution in [-0.4, -0.2) is 17.1 Å². The van der Waals surface area contributed by atoms with Crippen LogP contribution >= 0.6 is 0 Å². The number of aromatic nitrogens is 2. The van der Waals surface area contributed by atoms with Crippen molar-refractivity contribution in [3.05, 3.63) is 45.5 Å². The van der Waals surface area contributed by atoms with E-state index in [0.29, 0.717) is 40.4 Å². The lowest BCUT2D eigenvalue weighted by Crippen LogP contribution is -2.16. The zero-order valence-electron chi connectivity index (χ0n) is 12.4. The van der Waals surface area contributed by atoms with Crippen molar-refractivity contribution in [2.24, 2.45) is 0 Å². The molecule has 0 aliphatic rings. The van der Waals surface area contributed by atoms with E-state index in [9.17, 15) is 4.79 Å². The molecule has 0 atom stereocenters. The van der Waals surface area contributed by atoms with Crippen LogP contribution in [0.1, 0.15) is 30.3 Å². The zero-order chi connectivity index (χ0) is 15.4. The quantitative estimate of drug-likeness (QED) is 0.935. The largest absolute Gasteiger partial charge is 0.496 e. The Kier molecular flexibility index (Phi) is 4.39. The third kappa shape index (κ3) is 2.95. The summed E-state index contributed by atoms with van der Waals surface area (Å²) < 4.78 is 5.33. The second-order valence-electron chi connectivity index (χ2n) is 4.76. The number of hydrogen-bond donors (Lipinski definition) is 1. The van der Waals surface area contributed by atoms with Gasteiger partial charge in [0, 0.05) is 17.5 Å². The lowest BCUT2D eigenvalue weighted by molar-refractivity contribution is 0.416. The number of nitriles is 1. The number of benzene rings is 1. The van der Waals surface area contributed by atoms with Crippen LogP contribution in [0.15, 0.2) is 23.0 Å². The van der Waals surface area contributed by atoms with E-state index in [1.54, 1.807) is 32.2 Å². The Morgan fingerprint density at radius 2 is 2.19 bits per heavy atom. The lowest BCUT2D eigenvalue weighted by Gasteiger charge is -2.11. The van der Waals surface area contributed by atoms with Gasteiger partial charge in [-0.15, -0.1) is 0 Å². The Bertz CT molecular complexity index is 757. The number of nitrogens with zero attached hydrogens (tertiary/aromatic N) is 2. The smallest absolute Gasteiger partial charge is 0.254 e. The van der Waals surface area contributed by atoms with Crippen molar-refractivity contribution < 1.29 is 4.74 Å². The summed E-state index contributed by atoms with van der Waals surface area (Å²) in [5, 5.41) is 9.06. The van der Waals surface area contributed by atoms with Crippen LogP contribution in [0, 0.1) is 18.3 Å². The van der Waals surface area contributed by atoms with Crippen molar-refractivity contribution in [1.29, 1.82) is 5.26 Å². The van der Waals surface area contributed by atoms with Gasteiger partial charge in [-0.2, -0.15) is 5.26 Å². The molecule has 0 aliphatic carbocycles. The van der Waals surface area contributed by atoms with Gasteiger partial charge in [0.15, 0.2) is 0 Å². The first kappa shape index (κ1) is 14.8. The van der Waals surface area contributed by atoms with E-state index in [1.807, 2.05) is 6.92 Å². The van der Waals surface area contributed by atoms with Crippen LogP contribution in [0.25, 0.3) is 11.3 Å². The molecule has 5 heteroatoms. The molecule has 1 aromatic heterocycles. The molecule has 1 aromatic carbocycles. The molecule has 21 heavy (non-hydrogen) atoms. The van der Waals surface area contributed by atoms with Crippen molar-refractivity contribution >= 4 is 0 Å². The van der Waals surface area contributed by atoms with Gasteiger partial charge in [-0.05, 0) is 31.5 Å². The number of aryl methyl sites for hydroxylation is 1. The predicted octanol–water partition coefficient (Wildman–Crippen LogP) is 2.58. The average Bonchev–Trinajstić information content (AvgIpc) is 2.50. The third-order valence-electron chi connectivity index (χ3n) is 3.27. The van der Waals surface area contributed by atoms with E-state index in [-0.39, 0.29) is 5.56 Å². The number of rotatable bonds is 4. The number of H-pyrrole nitrogens is 1. The van der Waals surface area contributed by atoms with Gasteiger partial charge < -0.3 is 9.72 Å². The molecule has 1 N–H and O–H groups in total. The maximum atomic E-state index is 12.1. The molecule has 0 bridgehead atoms. The zero-order valence-corrected chi connectivity index (χ0v) is 12.4. The second-order valence-corrected chi connectivity index (χ2v) is 4.76. The standard InChI is InChI=1S/C16H17N3O2/c1-4-5-14-18-15(10(2)16(20)19-14)12-8-11(9-17)6-7-13(12)21-3/h6-8H,4-5H2,1-3H3,(H,18,19,20). The molecule has 0 amide bonds. The van der Waals surface area contributed by atoms with Gasteiger partial charge in [-0.25, -0.2) is 4.98 Å². The first-order chi connectivity index (χ1) is 10.1. The number of aromatic amines is 1. The van der Waals surface area contributed by atoms with Crippen LogP contribution in [0.4, 0.5) is 0 Å². The number of hydrogen-bond acceptors (Lipinski definition) is 4. The summed E-state index contributed by atoms with van der Waals surface area (Å²) in [6.45, 7) is 3.74. The van der Waals surface area contributed by atoms with Crippen LogP contribution in [-0.2, 0) is 6.42 Å².